The quantitative estimate of drug-likeness (QED) is 0.703. The molecule has 0 radical (unpaired) electrons. The van der Waals surface area contributed by atoms with E-state index in [1.165, 1.54) is 18.4 Å². The van der Waals surface area contributed by atoms with E-state index in [2.05, 4.69) is 34.5 Å². The van der Waals surface area contributed by atoms with Crippen molar-refractivity contribution < 1.29 is 19.0 Å². The molecule has 29 heavy (non-hydrogen) atoms. The maximum atomic E-state index is 12.7. The van der Waals surface area contributed by atoms with Gasteiger partial charge in [-0.25, -0.2) is 0 Å². The Morgan fingerprint density at radius 2 is 1.62 bits per heavy atom. The Morgan fingerprint density at radius 3 is 2.17 bits per heavy atom. The SMILES string of the molecule is COc1cc(CC(=O)NCC(c2ccccc2)N2CCCC2)cc(OC)c1OC. The molecule has 3 rings (SSSR count). The van der Waals surface area contributed by atoms with Gasteiger partial charge in [-0.1, -0.05) is 30.3 Å². The van der Waals surface area contributed by atoms with Crippen molar-refractivity contribution in [2.45, 2.75) is 25.3 Å². The highest BCUT2D eigenvalue weighted by Crippen LogP contribution is 2.38. The van der Waals surface area contributed by atoms with E-state index in [9.17, 15) is 4.79 Å². The highest BCUT2D eigenvalue weighted by molar-refractivity contribution is 5.79. The second-order valence-electron chi connectivity index (χ2n) is 7.18. The fourth-order valence-electron chi connectivity index (χ4n) is 3.88. The van der Waals surface area contributed by atoms with Gasteiger partial charge in [0.1, 0.15) is 0 Å². The van der Waals surface area contributed by atoms with Crippen LogP contribution in [0.15, 0.2) is 42.5 Å². The molecule has 1 aliphatic rings. The van der Waals surface area contributed by atoms with Gasteiger partial charge in [0.15, 0.2) is 11.5 Å². The van der Waals surface area contributed by atoms with Gasteiger partial charge >= 0.3 is 0 Å². The Bertz CT molecular complexity index is 779. The maximum absolute atomic E-state index is 12.7. The summed E-state index contributed by atoms with van der Waals surface area (Å²) in [6.07, 6.45) is 2.67. The van der Waals surface area contributed by atoms with E-state index in [1.54, 1.807) is 21.3 Å². The van der Waals surface area contributed by atoms with E-state index >= 15 is 0 Å². The molecule has 0 spiro atoms. The first-order valence-corrected chi connectivity index (χ1v) is 10.0. The molecule has 1 unspecified atom stereocenters. The molecule has 0 bridgehead atoms. The number of hydrogen-bond donors (Lipinski definition) is 1. The van der Waals surface area contributed by atoms with Gasteiger partial charge in [0.2, 0.25) is 11.7 Å². The molecular formula is C23H30N2O4. The van der Waals surface area contributed by atoms with Gasteiger partial charge in [0.05, 0.1) is 33.8 Å². The normalized spacial score (nSPS) is 15.0. The van der Waals surface area contributed by atoms with E-state index in [1.807, 2.05) is 18.2 Å². The molecule has 156 valence electrons. The summed E-state index contributed by atoms with van der Waals surface area (Å²) in [5, 5.41) is 3.12. The lowest BCUT2D eigenvalue weighted by atomic mass is 10.1. The highest BCUT2D eigenvalue weighted by atomic mass is 16.5. The molecule has 1 atom stereocenters. The number of carbonyl (C=O) groups excluding carboxylic acids is 1. The third-order valence-corrected chi connectivity index (χ3v) is 5.35. The Hall–Kier alpha value is -2.73. The van der Waals surface area contributed by atoms with E-state index in [-0.39, 0.29) is 18.4 Å². The molecular weight excluding hydrogens is 368 g/mol. The van der Waals surface area contributed by atoms with Crippen molar-refractivity contribution in [1.82, 2.24) is 10.2 Å². The van der Waals surface area contributed by atoms with Crippen LogP contribution >= 0.6 is 0 Å². The van der Waals surface area contributed by atoms with E-state index in [0.29, 0.717) is 23.8 Å². The van der Waals surface area contributed by atoms with Gasteiger partial charge in [-0.05, 0) is 49.2 Å². The first-order chi connectivity index (χ1) is 14.2. The van der Waals surface area contributed by atoms with Gasteiger partial charge in [-0.15, -0.1) is 0 Å². The van der Waals surface area contributed by atoms with Crippen LogP contribution in [0, 0.1) is 0 Å². The molecule has 0 aromatic heterocycles. The van der Waals surface area contributed by atoms with Gasteiger partial charge in [-0.3, -0.25) is 9.69 Å². The molecule has 1 aliphatic heterocycles. The maximum Gasteiger partial charge on any atom is 0.224 e. The first-order valence-electron chi connectivity index (χ1n) is 10.0. The topological polar surface area (TPSA) is 60.0 Å². The summed E-state index contributed by atoms with van der Waals surface area (Å²) in [5.74, 6) is 1.60. The third kappa shape index (κ3) is 5.21. The third-order valence-electron chi connectivity index (χ3n) is 5.35. The predicted molar refractivity (Wildman–Crippen MR) is 113 cm³/mol. The summed E-state index contributed by atoms with van der Waals surface area (Å²) in [7, 11) is 4.71. The number of ether oxygens (including phenoxy) is 3. The van der Waals surface area contributed by atoms with Gasteiger partial charge in [0.25, 0.3) is 0 Å². The van der Waals surface area contributed by atoms with Crippen molar-refractivity contribution in [2.24, 2.45) is 0 Å². The second kappa shape index (κ2) is 10.2. The minimum absolute atomic E-state index is 0.0283. The number of methoxy groups -OCH3 is 3. The molecule has 1 fully saturated rings. The summed E-state index contributed by atoms with van der Waals surface area (Å²) in [6, 6.07) is 14.2. The average Bonchev–Trinajstić information content (AvgIpc) is 3.28. The zero-order valence-corrected chi connectivity index (χ0v) is 17.4. The summed E-state index contributed by atoms with van der Waals surface area (Å²) < 4.78 is 16.1. The lowest BCUT2D eigenvalue weighted by Gasteiger charge is -2.28. The molecule has 0 saturated carbocycles. The fourth-order valence-corrected chi connectivity index (χ4v) is 3.88. The van der Waals surface area contributed by atoms with Crippen LogP contribution < -0.4 is 19.5 Å². The molecule has 6 heteroatoms. The number of benzene rings is 2. The Labute approximate surface area is 172 Å². The fraction of sp³-hybridized carbons (Fsp3) is 0.435. The first kappa shape index (κ1) is 21.0. The van der Waals surface area contributed by atoms with Crippen molar-refractivity contribution >= 4 is 5.91 Å². The van der Waals surface area contributed by atoms with Crippen LogP contribution in [-0.2, 0) is 11.2 Å². The molecule has 6 nitrogen and oxygen atoms in total. The number of carbonyl (C=O) groups is 1. The van der Waals surface area contributed by atoms with Crippen molar-refractivity contribution in [3.8, 4) is 17.2 Å². The number of amides is 1. The summed E-state index contributed by atoms with van der Waals surface area (Å²) >= 11 is 0. The van der Waals surface area contributed by atoms with Crippen LogP contribution in [0.2, 0.25) is 0 Å². The van der Waals surface area contributed by atoms with E-state index < -0.39 is 0 Å². The van der Waals surface area contributed by atoms with E-state index in [4.69, 9.17) is 14.2 Å². The standard InChI is InChI=1S/C23H30N2O4/c1-27-20-13-17(14-21(28-2)23(20)29-3)15-22(26)24-16-19(25-11-7-8-12-25)18-9-5-4-6-10-18/h4-6,9-10,13-14,19H,7-8,11-12,15-16H2,1-3H3,(H,24,26). The molecule has 1 heterocycles. The van der Waals surface area contributed by atoms with E-state index in [0.717, 1.165) is 18.7 Å². The lowest BCUT2D eigenvalue weighted by molar-refractivity contribution is -0.120. The van der Waals surface area contributed by atoms with Gasteiger partial charge in [0, 0.05) is 6.54 Å². The Morgan fingerprint density at radius 1 is 1.00 bits per heavy atom. The number of likely N-dealkylation sites (tertiary alicyclic amines) is 1. The number of hydrogen-bond acceptors (Lipinski definition) is 5. The van der Waals surface area contributed by atoms with Crippen molar-refractivity contribution in [1.29, 1.82) is 0 Å². The van der Waals surface area contributed by atoms with Crippen molar-refractivity contribution in [2.75, 3.05) is 41.0 Å². The van der Waals surface area contributed by atoms with Crippen LogP contribution in [0.5, 0.6) is 17.2 Å². The lowest BCUT2D eigenvalue weighted by Crippen LogP contribution is -2.37. The van der Waals surface area contributed by atoms with Gasteiger partial charge < -0.3 is 19.5 Å². The summed E-state index contributed by atoms with van der Waals surface area (Å²) in [5.41, 5.74) is 2.05. The monoisotopic (exact) mass is 398 g/mol. The second-order valence-corrected chi connectivity index (χ2v) is 7.18. The largest absolute Gasteiger partial charge is 0.493 e. The molecule has 1 N–H and O–H groups in total. The highest BCUT2D eigenvalue weighted by Gasteiger charge is 2.24. The van der Waals surface area contributed by atoms with Crippen molar-refractivity contribution in [3.63, 3.8) is 0 Å². The van der Waals surface area contributed by atoms with Gasteiger partial charge in [-0.2, -0.15) is 0 Å². The Balaban J connectivity index is 1.68. The molecule has 0 aliphatic carbocycles. The summed E-state index contributed by atoms with van der Waals surface area (Å²) in [6.45, 7) is 2.73. The van der Waals surface area contributed by atoms with Crippen LogP contribution in [0.3, 0.4) is 0 Å². The molecule has 1 saturated heterocycles. The predicted octanol–water partition coefficient (Wildman–Crippen LogP) is 3.21. The summed E-state index contributed by atoms with van der Waals surface area (Å²) in [4.78, 5) is 15.1. The van der Waals surface area contributed by atoms with Crippen LogP contribution in [-0.4, -0.2) is 51.8 Å². The Kier molecular flexibility index (Phi) is 7.36. The van der Waals surface area contributed by atoms with Crippen LogP contribution in [0.25, 0.3) is 0 Å². The zero-order chi connectivity index (χ0) is 20.6. The number of nitrogens with one attached hydrogen (secondary N) is 1. The zero-order valence-electron chi connectivity index (χ0n) is 17.4. The molecule has 2 aromatic rings. The van der Waals surface area contributed by atoms with Crippen molar-refractivity contribution in [3.05, 3.63) is 53.6 Å². The number of nitrogens with zero attached hydrogens (tertiary/aromatic N) is 1. The molecule has 2 aromatic carbocycles. The minimum atomic E-state index is -0.0283. The number of rotatable bonds is 9. The smallest absolute Gasteiger partial charge is 0.224 e. The average molecular weight is 399 g/mol. The van der Waals surface area contributed by atoms with Crippen LogP contribution in [0.4, 0.5) is 0 Å². The minimum Gasteiger partial charge on any atom is -0.493 e. The molecule has 1 amide bonds. The van der Waals surface area contributed by atoms with Crippen LogP contribution in [0.1, 0.15) is 30.0 Å².